The maximum Gasteiger partial charge on any atom is 0.0445 e. The molecule has 0 aromatic heterocycles. The van der Waals surface area contributed by atoms with Crippen molar-refractivity contribution >= 4 is 11.6 Å². The smallest absolute Gasteiger partial charge is 0.0445 e. The van der Waals surface area contributed by atoms with E-state index in [-0.39, 0.29) is 6.61 Å². The number of aliphatic hydroxyl groups is 1. The Labute approximate surface area is 109 Å². The first-order valence-corrected chi connectivity index (χ1v) is 6.51. The normalized spacial score (nSPS) is 13.1. The topological polar surface area (TPSA) is 32.3 Å². The van der Waals surface area contributed by atoms with Gasteiger partial charge in [-0.15, -0.1) is 0 Å². The van der Waals surface area contributed by atoms with Crippen LogP contribution in [0.3, 0.4) is 0 Å². The largest absolute Gasteiger partial charge is 0.396 e. The van der Waals surface area contributed by atoms with Crippen LogP contribution >= 0.6 is 11.6 Å². The minimum atomic E-state index is 0.227. The van der Waals surface area contributed by atoms with Gasteiger partial charge in [0.2, 0.25) is 0 Å². The highest BCUT2D eigenvalue weighted by Crippen LogP contribution is 2.17. The molecular weight excluding hydrogens is 234 g/mol. The van der Waals surface area contributed by atoms with E-state index in [1.54, 1.807) is 0 Å². The Kier molecular flexibility index (Phi) is 5.96. The van der Waals surface area contributed by atoms with Crippen molar-refractivity contribution in [2.75, 3.05) is 6.61 Å². The molecule has 0 saturated heterocycles. The first-order chi connectivity index (χ1) is 8.04. The molecule has 0 aliphatic heterocycles. The lowest BCUT2D eigenvalue weighted by atomic mass is 10.0. The maximum atomic E-state index is 9.00. The van der Waals surface area contributed by atoms with Gasteiger partial charge in [0.1, 0.15) is 0 Å². The third-order valence-corrected chi connectivity index (χ3v) is 3.46. The molecule has 0 aliphatic carbocycles. The molecule has 1 aromatic carbocycles. The van der Waals surface area contributed by atoms with Gasteiger partial charge in [0.05, 0.1) is 0 Å². The van der Waals surface area contributed by atoms with E-state index < -0.39 is 0 Å². The van der Waals surface area contributed by atoms with Crippen molar-refractivity contribution in [1.82, 2.24) is 5.32 Å². The molecular formula is C14H22ClNO. The number of benzene rings is 1. The van der Waals surface area contributed by atoms with Gasteiger partial charge in [0.25, 0.3) is 0 Å². The molecule has 0 bridgehead atoms. The Bertz CT molecular complexity index is 352. The average molecular weight is 256 g/mol. The lowest BCUT2D eigenvalue weighted by Gasteiger charge is -2.21. The minimum absolute atomic E-state index is 0.227. The number of nitrogens with one attached hydrogen (secondary N) is 1. The standard InChI is InChI=1S/C14H22ClNO/c1-10(2)14(6-7-17)16-9-12-5-4-11(3)13(15)8-12/h4-5,8,10,14,16-17H,6-7,9H2,1-3H3. The second kappa shape index (κ2) is 7.00. The zero-order valence-electron chi connectivity index (χ0n) is 10.8. The van der Waals surface area contributed by atoms with Crippen molar-refractivity contribution in [3.63, 3.8) is 0 Å². The van der Waals surface area contributed by atoms with E-state index in [1.807, 2.05) is 19.1 Å². The lowest BCUT2D eigenvalue weighted by molar-refractivity contribution is 0.244. The maximum absolute atomic E-state index is 9.00. The Morgan fingerprint density at radius 1 is 1.35 bits per heavy atom. The Hall–Kier alpha value is -0.570. The van der Waals surface area contributed by atoms with Gasteiger partial charge in [0, 0.05) is 24.2 Å². The van der Waals surface area contributed by atoms with E-state index in [2.05, 4.69) is 25.2 Å². The Morgan fingerprint density at radius 3 is 2.59 bits per heavy atom. The van der Waals surface area contributed by atoms with Gasteiger partial charge in [-0.2, -0.15) is 0 Å². The van der Waals surface area contributed by atoms with Crippen LogP contribution in [0.1, 0.15) is 31.4 Å². The molecule has 0 amide bonds. The van der Waals surface area contributed by atoms with Gasteiger partial charge in [-0.3, -0.25) is 0 Å². The molecule has 17 heavy (non-hydrogen) atoms. The highest BCUT2D eigenvalue weighted by Gasteiger charge is 2.11. The summed E-state index contributed by atoms with van der Waals surface area (Å²) >= 11 is 6.09. The molecule has 0 fully saturated rings. The third-order valence-electron chi connectivity index (χ3n) is 3.05. The molecule has 0 heterocycles. The second-order valence-electron chi connectivity index (χ2n) is 4.83. The van der Waals surface area contributed by atoms with Gasteiger partial charge >= 0.3 is 0 Å². The summed E-state index contributed by atoms with van der Waals surface area (Å²) in [6.07, 6.45) is 0.789. The van der Waals surface area contributed by atoms with Gasteiger partial charge in [0.15, 0.2) is 0 Å². The molecule has 1 rings (SSSR count). The molecule has 0 saturated carbocycles. The van der Waals surface area contributed by atoms with Crippen molar-refractivity contribution in [3.05, 3.63) is 34.3 Å². The Balaban J connectivity index is 2.56. The number of halogens is 1. The fourth-order valence-electron chi connectivity index (χ4n) is 1.81. The van der Waals surface area contributed by atoms with E-state index in [1.165, 1.54) is 5.56 Å². The molecule has 2 nitrogen and oxygen atoms in total. The Morgan fingerprint density at radius 2 is 2.06 bits per heavy atom. The van der Waals surface area contributed by atoms with Crippen LogP contribution in [0.2, 0.25) is 5.02 Å². The van der Waals surface area contributed by atoms with Crippen LogP contribution in [-0.2, 0) is 6.54 Å². The van der Waals surface area contributed by atoms with E-state index in [0.717, 1.165) is 23.6 Å². The summed E-state index contributed by atoms with van der Waals surface area (Å²) in [5, 5.41) is 13.3. The van der Waals surface area contributed by atoms with E-state index in [0.29, 0.717) is 12.0 Å². The molecule has 2 N–H and O–H groups in total. The fraction of sp³-hybridized carbons (Fsp3) is 0.571. The van der Waals surface area contributed by atoms with Crippen molar-refractivity contribution in [2.24, 2.45) is 5.92 Å². The van der Waals surface area contributed by atoms with Crippen LogP contribution in [0.5, 0.6) is 0 Å². The SMILES string of the molecule is Cc1ccc(CNC(CCO)C(C)C)cc1Cl. The van der Waals surface area contributed by atoms with Crippen LogP contribution in [0, 0.1) is 12.8 Å². The van der Waals surface area contributed by atoms with Gasteiger partial charge in [-0.1, -0.05) is 37.6 Å². The first kappa shape index (κ1) is 14.5. The summed E-state index contributed by atoms with van der Waals surface area (Å²) in [5.41, 5.74) is 2.29. The second-order valence-corrected chi connectivity index (χ2v) is 5.23. The quantitative estimate of drug-likeness (QED) is 0.819. The zero-order valence-corrected chi connectivity index (χ0v) is 11.6. The number of hydrogen-bond acceptors (Lipinski definition) is 2. The summed E-state index contributed by atoms with van der Waals surface area (Å²) in [7, 11) is 0. The summed E-state index contributed by atoms with van der Waals surface area (Å²) in [5.74, 6) is 0.517. The van der Waals surface area contributed by atoms with Crippen LogP contribution < -0.4 is 5.32 Å². The molecule has 1 aromatic rings. The molecule has 0 aliphatic rings. The number of aryl methyl sites for hydroxylation is 1. The predicted octanol–water partition coefficient (Wildman–Crippen LogP) is 3.15. The zero-order chi connectivity index (χ0) is 12.8. The third kappa shape index (κ3) is 4.66. The number of rotatable bonds is 6. The number of aliphatic hydroxyl groups excluding tert-OH is 1. The van der Waals surface area contributed by atoms with Crippen LogP contribution in [-0.4, -0.2) is 17.8 Å². The average Bonchev–Trinajstić information content (AvgIpc) is 2.28. The minimum Gasteiger partial charge on any atom is -0.396 e. The summed E-state index contributed by atoms with van der Waals surface area (Å²) in [4.78, 5) is 0. The molecule has 1 unspecified atom stereocenters. The van der Waals surface area contributed by atoms with Crippen molar-refractivity contribution in [2.45, 2.75) is 39.8 Å². The molecule has 0 spiro atoms. The summed E-state index contributed by atoms with van der Waals surface area (Å²) in [6, 6.07) is 6.47. The predicted molar refractivity (Wildman–Crippen MR) is 73.4 cm³/mol. The van der Waals surface area contributed by atoms with E-state index in [4.69, 9.17) is 16.7 Å². The van der Waals surface area contributed by atoms with Crippen molar-refractivity contribution in [3.8, 4) is 0 Å². The molecule has 3 heteroatoms. The van der Waals surface area contributed by atoms with Crippen LogP contribution in [0.25, 0.3) is 0 Å². The van der Waals surface area contributed by atoms with Gasteiger partial charge in [-0.25, -0.2) is 0 Å². The highest BCUT2D eigenvalue weighted by atomic mass is 35.5. The highest BCUT2D eigenvalue weighted by molar-refractivity contribution is 6.31. The summed E-state index contributed by atoms with van der Waals surface area (Å²) in [6.45, 7) is 7.35. The monoisotopic (exact) mass is 255 g/mol. The van der Waals surface area contributed by atoms with Gasteiger partial charge < -0.3 is 10.4 Å². The van der Waals surface area contributed by atoms with E-state index >= 15 is 0 Å². The molecule has 0 radical (unpaired) electrons. The van der Waals surface area contributed by atoms with Crippen LogP contribution in [0.15, 0.2) is 18.2 Å². The molecule has 1 atom stereocenters. The van der Waals surface area contributed by atoms with E-state index in [9.17, 15) is 0 Å². The van der Waals surface area contributed by atoms with Gasteiger partial charge in [-0.05, 0) is 36.5 Å². The summed E-state index contributed by atoms with van der Waals surface area (Å²) < 4.78 is 0. The lowest BCUT2D eigenvalue weighted by Crippen LogP contribution is -2.34. The van der Waals surface area contributed by atoms with Crippen molar-refractivity contribution < 1.29 is 5.11 Å². The van der Waals surface area contributed by atoms with Crippen LogP contribution in [0.4, 0.5) is 0 Å². The van der Waals surface area contributed by atoms with Crippen molar-refractivity contribution in [1.29, 1.82) is 0 Å². The number of hydrogen-bond donors (Lipinski definition) is 2. The first-order valence-electron chi connectivity index (χ1n) is 6.14. The molecule has 96 valence electrons. The fourth-order valence-corrected chi connectivity index (χ4v) is 2.01.